The van der Waals surface area contributed by atoms with Crippen molar-refractivity contribution in [3.05, 3.63) is 61.9 Å². The summed E-state index contributed by atoms with van der Waals surface area (Å²) >= 11 is 9.33. The van der Waals surface area contributed by atoms with Crippen molar-refractivity contribution in [1.29, 1.82) is 0 Å². The number of hydrogen-bond acceptors (Lipinski definition) is 6. The van der Waals surface area contributed by atoms with Crippen molar-refractivity contribution in [3.8, 4) is 11.5 Å². The molecule has 3 heterocycles. The van der Waals surface area contributed by atoms with Gasteiger partial charge in [0.15, 0.2) is 0 Å². The average Bonchev–Trinajstić information content (AvgIpc) is 3.14. The van der Waals surface area contributed by atoms with E-state index in [9.17, 15) is 4.79 Å². The van der Waals surface area contributed by atoms with Crippen LogP contribution in [0.15, 0.2) is 50.2 Å². The van der Waals surface area contributed by atoms with Gasteiger partial charge in [-0.1, -0.05) is 16.7 Å². The van der Waals surface area contributed by atoms with E-state index in [2.05, 4.69) is 36.4 Å². The van der Waals surface area contributed by atoms with Gasteiger partial charge in [0.25, 0.3) is 5.89 Å². The Bertz CT molecular complexity index is 1230. The first-order valence-electron chi connectivity index (χ1n) is 8.53. The largest absolute Gasteiger partial charge is 0.403 e. The number of anilines is 2. The van der Waals surface area contributed by atoms with E-state index >= 15 is 0 Å². The van der Waals surface area contributed by atoms with Gasteiger partial charge in [-0.3, -0.25) is 4.79 Å². The van der Waals surface area contributed by atoms with Crippen molar-refractivity contribution in [2.24, 2.45) is 0 Å². The molecular weight excluding hydrogens is 446 g/mol. The predicted molar refractivity (Wildman–Crippen MR) is 112 cm³/mol. The lowest BCUT2D eigenvalue weighted by Gasteiger charge is -2.10. The molecule has 0 aliphatic rings. The minimum Gasteiger partial charge on any atom is -0.403 e. The van der Waals surface area contributed by atoms with Gasteiger partial charge in [0.1, 0.15) is 11.2 Å². The van der Waals surface area contributed by atoms with Crippen LogP contribution in [0.25, 0.3) is 22.5 Å². The second kappa shape index (κ2) is 7.37. The maximum Gasteiger partial charge on any atom is 0.320 e. The molecular formula is C19H15BrClN5O2. The third kappa shape index (κ3) is 3.41. The molecule has 7 nitrogen and oxygen atoms in total. The maximum absolute atomic E-state index is 13.0. The molecule has 0 bridgehead atoms. The lowest BCUT2D eigenvalue weighted by molar-refractivity contribution is 0.586. The van der Waals surface area contributed by atoms with Crippen LogP contribution in [0.3, 0.4) is 0 Å². The molecule has 1 N–H and O–H groups in total. The molecule has 0 aliphatic heterocycles. The Hall–Kier alpha value is -2.71. The normalized spacial score (nSPS) is 11.1. The van der Waals surface area contributed by atoms with E-state index in [0.29, 0.717) is 28.2 Å². The minimum absolute atomic E-state index is 0.141. The number of rotatable bonds is 4. The van der Waals surface area contributed by atoms with Crippen LogP contribution in [0.5, 0.6) is 0 Å². The molecule has 0 radical (unpaired) electrons. The topological polar surface area (TPSA) is 85.8 Å². The van der Waals surface area contributed by atoms with Crippen LogP contribution in [0.1, 0.15) is 12.6 Å². The molecule has 3 aromatic heterocycles. The van der Waals surface area contributed by atoms with E-state index in [4.69, 9.17) is 16.0 Å². The summed E-state index contributed by atoms with van der Waals surface area (Å²) in [5, 5.41) is 12.1. The zero-order valence-electron chi connectivity index (χ0n) is 15.0. The number of aryl methyl sites for hydroxylation is 2. The third-order valence-corrected chi connectivity index (χ3v) is 5.32. The summed E-state index contributed by atoms with van der Waals surface area (Å²) in [7, 11) is 0. The molecule has 1 aromatic carbocycles. The molecule has 0 saturated carbocycles. The maximum atomic E-state index is 13.0. The Kier molecular flexibility index (Phi) is 4.91. The molecule has 4 rings (SSSR count). The summed E-state index contributed by atoms with van der Waals surface area (Å²) in [6, 6.07) is 9.03. The molecule has 0 saturated heterocycles. The lowest BCUT2D eigenvalue weighted by Crippen LogP contribution is -2.13. The van der Waals surface area contributed by atoms with Crippen LogP contribution in [0.2, 0.25) is 5.02 Å². The van der Waals surface area contributed by atoms with Gasteiger partial charge in [-0.25, -0.2) is 4.98 Å². The first kappa shape index (κ1) is 18.6. The summed E-state index contributed by atoms with van der Waals surface area (Å²) < 4.78 is 8.34. The van der Waals surface area contributed by atoms with Crippen LogP contribution >= 0.6 is 27.5 Å². The second-order valence-electron chi connectivity index (χ2n) is 6.13. The van der Waals surface area contributed by atoms with Crippen LogP contribution < -0.4 is 10.7 Å². The number of aromatic nitrogens is 4. The Morgan fingerprint density at radius 3 is 2.71 bits per heavy atom. The highest BCUT2D eigenvalue weighted by Gasteiger charge is 2.18. The fourth-order valence-corrected chi connectivity index (χ4v) is 3.25. The van der Waals surface area contributed by atoms with Gasteiger partial charge < -0.3 is 14.3 Å². The highest BCUT2D eigenvalue weighted by Crippen LogP contribution is 2.25. The molecule has 0 unspecified atom stereocenters. The van der Waals surface area contributed by atoms with Gasteiger partial charge >= 0.3 is 6.01 Å². The first-order valence-corrected chi connectivity index (χ1v) is 9.70. The van der Waals surface area contributed by atoms with Gasteiger partial charge in [-0.15, -0.1) is 5.10 Å². The third-order valence-electron chi connectivity index (χ3n) is 4.27. The zero-order chi connectivity index (χ0) is 19.8. The molecule has 0 fully saturated rings. The SMILES string of the molecule is CCn1cc(-c2nnc(Nc3ccc(Cl)cc3)o2)c(=O)c2cc(Br)c(C)nc21. The Labute approximate surface area is 173 Å². The number of halogens is 2. The monoisotopic (exact) mass is 459 g/mol. The first-order chi connectivity index (χ1) is 13.5. The second-order valence-corrected chi connectivity index (χ2v) is 7.42. The molecule has 0 aliphatic carbocycles. The summed E-state index contributed by atoms with van der Waals surface area (Å²) in [6.45, 7) is 4.50. The van der Waals surface area contributed by atoms with E-state index in [1.165, 1.54) is 0 Å². The van der Waals surface area contributed by atoms with Crippen LogP contribution in [0.4, 0.5) is 11.7 Å². The molecule has 0 amide bonds. The van der Waals surface area contributed by atoms with E-state index in [1.54, 1.807) is 36.5 Å². The van der Waals surface area contributed by atoms with Gasteiger partial charge in [-0.2, -0.15) is 0 Å². The van der Waals surface area contributed by atoms with Crippen molar-refractivity contribution in [2.75, 3.05) is 5.32 Å². The predicted octanol–water partition coefficient (Wildman–Crippen LogP) is 4.93. The molecule has 9 heteroatoms. The van der Waals surface area contributed by atoms with E-state index in [-0.39, 0.29) is 17.3 Å². The van der Waals surface area contributed by atoms with Gasteiger partial charge in [0, 0.05) is 27.9 Å². The fourth-order valence-electron chi connectivity index (χ4n) is 2.81. The number of nitrogens with one attached hydrogen (secondary N) is 1. The quantitative estimate of drug-likeness (QED) is 0.464. The van der Waals surface area contributed by atoms with Gasteiger partial charge in [0.2, 0.25) is 5.43 Å². The van der Waals surface area contributed by atoms with Gasteiger partial charge in [0.05, 0.1) is 11.1 Å². The molecule has 4 aromatic rings. The zero-order valence-corrected chi connectivity index (χ0v) is 17.4. The summed E-state index contributed by atoms with van der Waals surface area (Å²) in [4.78, 5) is 17.6. The average molecular weight is 461 g/mol. The molecule has 0 spiro atoms. The van der Waals surface area contributed by atoms with Crippen LogP contribution in [-0.4, -0.2) is 19.7 Å². The standard InChI is InChI=1S/C19H15BrClN5O2/c1-3-26-9-14(16(27)13-8-15(20)10(2)22-17(13)26)18-24-25-19(28-18)23-12-6-4-11(21)5-7-12/h4-9H,3H2,1-2H3,(H,23,25). The van der Waals surface area contributed by atoms with Crippen LogP contribution in [0, 0.1) is 6.92 Å². The summed E-state index contributed by atoms with van der Waals surface area (Å²) in [6.07, 6.45) is 1.70. The lowest BCUT2D eigenvalue weighted by atomic mass is 10.2. The van der Waals surface area contributed by atoms with E-state index in [0.717, 1.165) is 15.9 Å². The number of pyridine rings is 2. The summed E-state index contributed by atoms with van der Waals surface area (Å²) in [5.74, 6) is 0.141. The minimum atomic E-state index is -0.213. The molecule has 0 atom stereocenters. The number of hydrogen-bond donors (Lipinski definition) is 1. The van der Waals surface area contributed by atoms with Crippen molar-refractivity contribution >= 4 is 50.3 Å². The molecule has 142 valence electrons. The Balaban J connectivity index is 1.78. The van der Waals surface area contributed by atoms with E-state index in [1.807, 2.05) is 18.4 Å². The Morgan fingerprint density at radius 1 is 1.25 bits per heavy atom. The number of fused-ring (bicyclic) bond motifs is 1. The van der Waals surface area contributed by atoms with Gasteiger partial charge in [-0.05, 0) is 60.1 Å². The number of benzene rings is 1. The van der Waals surface area contributed by atoms with Crippen molar-refractivity contribution in [1.82, 2.24) is 19.7 Å². The Morgan fingerprint density at radius 2 is 2.00 bits per heavy atom. The highest BCUT2D eigenvalue weighted by molar-refractivity contribution is 9.10. The van der Waals surface area contributed by atoms with Crippen molar-refractivity contribution in [2.45, 2.75) is 20.4 Å². The molecule has 28 heavy (non-hydrogen) atoms. The van der Waals surface area contributed by atoms with Crippen molar-refractivity contribution in [3.63, 3.8) is 0 Å². The van der Waals surface area contributed by atoms with Crippen LogP contribution in [-0.2, 0) is 6.54 Å². The smallest absolute Gasteiger partial charge is 0.320 e. The number of nitrogens with zero attached hydrogens (tertiary/aromatic N) is 4. The fraction of sp³-hybridized carbons (Fsp3) is 0.158. The summed E-state index contributed by atoms with van der Waals surface area (Å²) in [5.41, 5.74) is 2.29. The van der Waals surface area contributed by atoms with E-state index < -0.39 is 0 Å². The highest BCUT2D eigenvalue weighted by atomic mass is 79.9. The van der Waals surface area contributed by atoms with Crippen molar-refractivity contribution < 1.29 is 4.42 Å².